The van der Waals surface area contributed by atoms with Crippen molar-refractivity contribution in [3.63, 3.8) is 0 Å². The molecule has 0 unspecified atom stereocenters. The molecule has 1 saturated heterocycles. The highest BCUT2D eigenvalue weighted by Crippen LogP contribution is 2.24. The van der Waals surface area contributed by atoms with Crippen molar-refractivity contribution >= 4 is 17.4 Å². The Balaban J connectivity index is 1.25. The Kier molecular flexibility index (Phi) is 6.08. The number of nitrogens with one attached hydrogen (secondary N) is 1. The average molecular weight is 453 g/mol. The quantitative estimate of drug-likeness (QED) is 0.459. The minimum Gasteiger partial charge on any atom is -0.355 e. The van der Waals surface area contributed by atoms with Crippen molar-refractivity contribution in [1.29, 1.82) is 0 Å². The van der Waals surface area contributed by atoms with Crippen LogP contribution in [0.25, 0.3) is 22.5 Å². The van der Waals surface area contributed by atoms with E-state index < -0.39 is 0 Å². The van der Waals surface area contributed by atoms with E-state index in [9.17, 15) is 4.79 Å². The standard InChI is InChI=1S/C27H28N6O/c1-19-14-16-33(17-15-19)26-13-12-23(29-30-26)21-8-10-22(11-9-21)28-27(34)25-18-24(31-32(25)2)20-6-4-3-5-7-20/h3-13,18-19H,14-17H2,1-2H3,(H,28,34). The number of anilines is 2. The number of aryl methyl sites for hydroxylation is 1. The molecular formula is C27H28N6O. The number of carbonyl (C=O) groups is 1. The van der Waals surface area contributed by atoms with E-state index in [1.54, 1.807) is 17.8 Å². The Morgan fingerprint density at radius 2 is 1.59 bits per heavy atom. The monoisotopic (exact) mass is 452 g/mol. The first-order chi connectivity index (χ1) is 16.6. The summed E-state index contributed by atoms with van der Waals surface area (Å²) in [7, 11) is 1.78. The molecule has 0 saturated carbocycles. The van der Waals surface area contributed by atoms with Gasteiger partial charge in [0.05, 0.1) is 11.4 Å². The van der Waals surface area contributed by atoms with Gasteiger partial charge in [0.25, 0.3) is 5.91 Å². The molecule has 0 aliphatic carbocycles. The molecule has 1 fully saturated rings. The van der Waals surface area contributed by atoms with Crippen molar-refractivity contribution in [3.8, 4) is 22.5 Å². The maximum Gasteiger partial charge on any atom is 0.273 e. The molecule has 1 aliphatic rings. The molecule has 0 atom stereocenters. The molecule has 2 aromatic carbocycles. The van der Waals surface area contributed by atoms with Gasteiger partial charge < -0.3 is 10.2 Å². The maximum absolute atomic E-state index is 12.8. The Morgan fingerprint density at radius 3 is 2.26 bits per heavy atom. The highest BCUT2D eigenvalue weighted by atomic mass is 16.2. The number of hydrogen-bond acceptors (Lipinski definition) is 5. The smallest absolute Gasteiger partial charge is 0.273 e. The molecule has 1 N–H and O–H groups in total. The number of nitrogens with zero attached hydrogens (tertiary/aromatic N) is 5. The molecular weight excluding hydrogens is 424 g/mol. The Hall–Kier alpha value is -4.00. The van der Waals surface area contributed by atoms with Crippen LogP contribution in [0.2, 0.25) is 0 Å². The van der Waals surface area contributed by atoms with Gasteiger partial charge in [-0.15, -0.1) is 10.2 Å². The van der Waals surface area contributed by atoms with E-state index in [-0.39, 0.29) is 5.91 Å². The van der Waals surface area contributed by atoms with Crippen LogP contribution >= 0.6 is 0 Å². The fourth-order valence-corrected chi connectivity index (χ4v) is 4.23. The molecule has 7 heteroatoms. The third-order valence-corrected chi connectivity index (χ3v) is 6.38. The molecule has 0 bridgehead atoms. The molecule has 4 aromatic rings. The van der Waals surface area contributed by atoms with E-state index in [2.05, 4.69) is 32.4 Å². The number of piperidine rings is 1. The van der Waals surface area contributed by atoms with Gasteiger partial charge in [0.2, 0.25) is 0 Å². The molecule has 2 aromatic heterocycles. The number of aromatic nitrogens is 4. The molecule has 34 heavy (non-hydrogen) atoms. The van der Waals surface area contributed by atoms with Gasteiger partial charge in [-0.05, 0) is 49.1 Å². The van der Waals surface area contributed by atoms with Gasteiger partial charge in [0.1, 0.15) is 5.69 Å². The summed E-state index contributed by atoms with van der Waals surface area (Å²) in [6.45, 7) is 4.37. The molecule has 0 spiro atoms. The van der Waals surface area contributed by atoms with E-state index in [1.807, 2.05) is 66.7 Å². The van der Waals surface area contributed by atoms with E-state index in [1.165, 1.54) is 12.8 Å². The number of carbonyl (C=O) groups excluding carboxylic acids is 1. The van der Waals surface area contributed by atoms with Crippen LogP contribution in [-0.2, 0) is 7.05 Å². The van der Waals surface area contributed by atoms with Crippen molar-refractivity contribution in [2.75, 3.05) is 23.3 Å². The predicted octanol–water partition coefficient (Wildman–Crippen LogP) is 5.03. The maximum atomic E-state index is 12.8. The van der Waals surface area contributed by atoms with E-state index >= 15 is 0 Å². The highest BCUT2D eigenvalue weighted by molar-refractivity contribution is 6.03. The molecule has 5 rings (SSSR count). The molecule has 172 valence electrons. The summed E-state index contributed by atoms with van der Waals surface area (Å²) in [5.41, 5.74) is 4.72. The summed E-state index contributed by atoms with van der Waals surface area (Å²) in [5, 5.41) is 16.3. The van der Waals surface area contributed by atoms with Gasteiger partial charge >= 0.3 is 0 Å². The van der Waals surface area contributed by atoms with Crippen LogP contribution in [-0.4, -0.2) is 39.0 Å². The fraction of sp³-hybridized carbons (Fsp3) is 0.259. The third kappa shape index (κ3) is 4.69. The Morgan fingerprint density at radius 1 is 0.882 bits per heavy atom. The summed E-state index contributed by atoms with van der Waals surface area (Å²) < 4.78 is 1.60. The van der Waals surface area contributed by atoms with Gasteiger partial charge in [0, 0.05) is 37.0 Å². The first-order valence-electron chi connectivity index (χ1n) is 11.7. The van der Waals surface area contributed by atoms with Crippen molar-refractivity contribution < 1.29 is 4.79 Å². The van der Waals surface area contributed by atoms with Gasteiger partial charge in [-0.25, -0.2) is 0 Å². The van der Waals surface area contributed by atoms with Crippen LogP contribution < -0.4 is 10.2 Å². The topological polar surface area (TPSA) is 75.9 Å². The van der Waals surface area contributed by atoms with Crippen molar-refractivity contribution in [2.45, 2.75) is 19.8 Å². The van der Waals surface area contributed by atoms with E-state index in [0.29, 0.717) is 11.4 Å². The summed E-state index contributed by atoms with van der Waals surface area (Å²) in [6.07, 6.45) is 2.39. The van der Waals surface area contributed by atoms with E-state index in [0.717, 1.165) is 47.3 Å². The first kappa shape index (κ1) is 21.8. The minimum absolute atomic E-state index is 0.204. The Bertz CT molecular complexity index is 1260. The molecule has 7 nitrogen and oxygen atoms in total. The molecule has 1 amide bonds. The van der Waals surface area contributed by atoms with Gasteiger partial charge in [0.15, 0.2) is 5.82 Å². The van der Waals surface area contributed by atoms with Gasteiger partial charge in [-0.1, -0.05) is 49.4 Å². The normalized spacial score (nSPS) is 14.2. The lowest BCUT2D eigenvalue weighted by Crippen LogP contribution is -2.33. The second-order valence-electron chi connectivity index (χ2n) is 8.88. The van der Waals surface area contributed by atoms with Crippen molar-refractivity contribution in [2.24, 2.45) is 13.0 Å². The third-order valence-electron chi connectivity index (χ3n) is 6.38. The van der Waals surface area contributed by atoms with Crippen molar-refractivity contribution in [3.05, 3.63) is 78.5 Å². The number of rotatable bonds is 5. The SMILES string of the molecule is CC1CCN(c2ccc(-c3ccc(NC(=O)c4cc(-c5ccccc5)nn4C)cc3)nn2)CC1. The summed E-state index contributed by atoms with van der Waals surface area (Å²) in [5.74, 6) is 1.52. The summed E-state index contributed by atoms with van der Waals surface area (Å²) in [6, 6.07) is 23.3. The number of hydrogen-bond donors (Lipinski definition) is 1. The molecule has 1 aliphatic heterocycles. The van der Waals surface area contributed by atoms with Crippen LogP contribution in [0.1, 0.15) is 30.3 Å². The van der Waals surface area contributed by atoms with Gasteiger partial charge in [-0.2, -0.15) is 5.10 Å². The van der Waals surface area contributed by atoms with Crippen LogP contribution in [0.5, 0.6) is 0 Å². The predicted molar refractivity (Wildman–Crippen MR) is 135 cm³/mol. The zero-order valence-electron chi connectivity index (χ0n) is 19.5. The fourth-order valence-electron chi connectivity index (χ4n) is 4.23. The second kappa shape index (κ2) is 9.47. The summed E-state index contributed by atoms with van der Waals surface area (Å²) in [4.78, 5) is 15.1. The number of benzene rings is 2. The van der Waals surface area contributed by atoms with Crippen molar-refractivity contribution in [1.82, 2.24) is 20.0 Å². The zero-order valence-corrected chi connectivity index (χ0v) is 19.5. The van der Waals surface area contributed by atoms with E-state index in [4.69, 9.17) is 0 Å². The molecule has 3 heterocycles. The van der Waals surface area contributed by atoms with Crippen LogP contribution in [0.15, 0.2) is 72.8 Å². The first-order valence-corrected chi connectivity index (χ1v) is 11.7. The summed E-state index contributed by atoms with van der Waals surface area (Å²) >= 11 is 0. The van der Waals surface area contributed by atoms with Crippen LogP contribution in [0.3, 0.4) is 0 Å². The highest BCUT2D eigenvalue weighted by Gasteiger charge is 2.18. The Labute approximate surface area is 199 Å². The zero-order chi connectivity index (χ0) is 23.5. The molecule has 0 radical (unpaired) electrons. The van der Waals surface area contributed by atoms with Crippen LogP contribution in [0, 0.1) is 5.92 Å². The second-order valence-corrected chi connectivity index (χ2v) is 8.88. The van der Waals surface area contributed by atoms with Crippen LogP contribution in [0.4, 0.5) is 11.5 Å². The average Bonchev–Trinajstić information content (AvgIpc) is 3.27. The lowest BCUT2D eigenvalue weighted by atomic mass is 9.99. The van der Waals surface area contributed by atoms with Gasteiger partial charge in [-0.3, -0.25) is 9.48 Å². The number of amides is 1. The largest absolute Gasteiger partial charge is 0.355 e. The lowest BCUT2D eigenvalue weighted by Gasteiger charge is -2.30. The lowest BCUT2D eigenvalue weighted by molar-refractivity contribution is 0.101. The minimum atomic E-state index is -0.204.